The number of aliphatic imine (C=N–C) groups is 1. The van der Waals surface area contributed by atoms with Crippen LogP contribution in [0.5, 0.6) is 0 Å². The van der Waals surface area contributed by atoms with Crippen molar-refractivity contribution >= 4 is 29.9 Å². The maximum Gasteiger partial charge on any atom is 0.191 e. The fourth-order valence-corrected chi connectivity index (χ4v) is 4.71. The van der Waals surface area contributed by atoms with Gasteiger partial charge in [0.05, 0.1) is 12.8 Å². The van der Waals surface area contributed by atoms with Crippen LogP contribution in [0, 0.1) is 0 Å². The molecule has 2 heterocycles. The van der Waals surface area contributed by atoms with Crippen LogP contribution in [-0.2, 0) is 13.0 Å². The van der Waals surface area contributed by atoms with Gasteiger partial charge in [-0.2, -0.15) is 0 Å². The predicted octanol–water partition coefficient (Wildman–Crippen LogP) is 4.97. The molecule has 2 fully saturated rings. The zero-order valence-electron chi connectivity index (χ0n) is 18.5. The minimum atomic E-state index is 0. The van der Waals surface area contributed by atoms with E-state index in [1.54, 1.807) is 6.26 Å². The Hall–Kier alpha value is -1.54. The topological polar surface area (TPSA) is 52.8 Å². The van der Waals surface area contributed by atoms with Gasteiger partial charge in [-0.15, -0.1) is 24.0 Å². The summed E-state index contributed by atoms with van der Waals surface area (Å²) in [6, 6.07) is 15.8. The van der Waals surface area contributed by atoms with Gasteiger partial charge in [0, 0.05) is 38.1 Å². The molecular formula is C25H37IN4O. The van der Waals surface area contributed by atoms with Gasteiger partial charge in [-0.3, -0.25) is 0 Å². The summed E-state index contributed by atoms with van der Waals surface area (Å²) in [6.45, 7) is 3.92. The molecule has 0 bridgehead atoms. The lowest BCUT2D eigenvalue weighted by molar-refractivity contribution is 0.119. The third-order valence-electron chi connectivity index (χ3n) is 6.47. The number of guanidine groups is 1. The Balaban J connectivity index is 0.00000272. The van der Waals surface area contributed by atoms with Gasteiger partial charge in [-0.05, 0) is 43.4 Å². The first-order valence-corrected chi connectivity index (χ1v) is 11.7. The van der Waals surface area contributed by atoms with E-state index in [0.29, 0.717) is 12.6 Å². The van der Waals surface area contributed by atoms with E-state index in [9.17, 15) is 0 Å². The lowest BCUT2D eigenvalue weighted by Gasteiger charge is -2.39. The van der Waals surface area contributed by atoms with E-state index in [1.165, 1.54) is 63.6 Å². The van der Waals surface area contributed by atoms with Crippen molar-refractivity contribution in [1.82, 2.24) is 15.5 Å². The Morgan fingerprint density at radius 2 is 1.74 bits per heavy atom. The van der Waals surface area contributed by atoms with Gasteiger partial charge >= 0.3 is 0 Å². The fraction of sp³-hybridized carbons (Fsp3) is 0.560. The standard InChI is InChI=1S/C25H36N4O.HI/c1-3-8-21(9-4-1)20-27-25(26-16-13-24-12-7-19-30-24)28-22-14-17-29(18-15-22)23-10-5-2-6-11-23;/h1,3-4,7-9,12,19,22-23H,2,5-6,10-11,13-18,20H2,(H2,26,27,28);1H. The van der Waals surface area contributed by atoms with E-state index >= 15 is 0 Å². The molecule has 0 atom stereocenters. The maximum absolute atomic E-state index is 5.46. The molecule has 5 nitrogen and oxygen atoms in total. The lowest BCUT2D eigenvalue weighted by Crippen LogP contribution is -2.51. The number of likely N-dealkylation sites (tertiary alicyclic amines) is 1. The van der Waals surface area contributed by atoms with Crippen LogP contribution in [-0.4, -0.2) is 42.6 Å². The zero-order chi connectivity index (χ0) is 20.4. The molecule has 2 aliphatic rings. The number of piperidine rings is 1. The molecular weight excluding hydrogens is 499 g/mol. The number of halogens is 1. The summed E-state index contributed by atoms with van der Waals surface area (Å²) < 4.78 is 5.46. The lowest BCUT2D eigenvalue weighted by atomic mass is 9.92. The van der Waals surface area contributed by atoms with Crippen molar-refractivity contribution in [3.8, 4) is 0 Å². The van der Waals surface area contributed by atoms with E-state index in [-0.39, 0.29) is 24.0 Å². The van der Waals surface area contributed by atoms with E-state index in [2.05, 4.69) is 39.8 Å². The van der Waals surface area contributed by atoms with Gasteiger partial charge in [0.15, 0.2) is 5.96 Å². The molecule has 0 radical (unpaired) electrons. The average molecular weight is 537 g/mol. The molecule has 0 spiro atoms. The van der Waals surface area contributed by atoms with Gasteiger partial charge in [-0.25, -0.2) is 4.99 Å². The second-order valence-corrected chi connectivity index (χ2v) is 8.65. The molecule has 2 aromatic rings. The minimum absolute atomic E-state index is 0. The molecule has 1 aromatic heterocycles. The van der Waals surface area contributed by atoms with Crippen LogP contribution in [0.4, 0.5) is 0 Å². The zero-order valence-corrected chi connectivity index (χ0v) is 20.8. The molecule has 1 saturated heterocycles. The number of benzene rings is 1. The molecule has 31 heavy (non-hydrogen) atoms. The van der Waals surface area contributed by atoms with Crippen LogP contribution in [0.25, 0.3) is 0 Å². The van der Waals surface area contributed by atoms with Crippen molar-refractivity contribution in [3.05, 3.63) is 60.1 Å². The molecule has 1 aromatic carbocycles. The number of hydrogen-bond acceptors (Lipinski definition) is 3. The molecule has 0 unspecified atom stereocenters. The first kappa shape index (κ1) is 24.1. The summed E-state index contributed by atoms with van der Waals surface area (Å²) in [6.07, 6.45) is 12.0. The molecule has 1 saturated carbocycles. The van der Waals surface area contributed by atoms with Crippen molar-refractivity contribution in [1.29, 1.82) is 0 Å². The first-order valence-electron chi connectivity index (χ1n) is 11.7. The molecule has 1 aliphatic carbocycles. The summed E-state index contributed by atoms with van der Waals surface area (Å²) in [5.74, 6) is 1.92. The summed E-state index contributed by atoms with van der Waals surface area (Å²) in [5, 5.41) is 7.23. The maximum atomic E-state index is 5.46. The quantitative estimate of drug-likeness (QED) is 0.298. The summed E-state index contributed by atoms with van der Waals surface area (Å²) >= 11 is 0. The highest BCUT2D eigenvalue weighted by molar-refractivity contribution is 14.0. The Morgan fingerprint density at radius 1 is 0.968 bits per heavy atom. The molecule has 4 rings (SSSR count). The van der Waals surface area contributed by atoms with E-state index in [4.69, 9.17) is 9.41 Å². The Morgan fingerprint density at radius 3 is 2.45 bits per heavy atom. The molecule has 1 aliphatic heterocycles. The average Bonchev–Trinajstić information content (AvgIpc) is 3.33. The number of rotatable bonds is 7. The van der Waals surface area contributed by atoms with Crippen molar-refractivity contribution in [2.24, 2.45) is 4.99 Å². The smallest absolute Gasteiger partial charge is 0.191 e. The Bertz CT molecular complexity index is 751. The van der Waals surface area contributed by atoms with E-state index < -0.39 is 0 Å². The minimum Gasteiger partial charge on any atom is -0.469 e. The third kappa shape index (κ3) is 7.83. The van der Waals surface area contributed by atoms with Crippen molar-refractivity contribution < 1.29 is 4.42 Å². The van der Waals surface area contributed by atoms with Crippen molar-refractivity contribution in [2.45, 2.75) is 70.0 Å². The monoisotopic (exact) mass is 536 g/mol. The largest absolute Gasteiger partial charge is 0.469 e. The SMILES string of the molecule is I.c1ccc(CN=C(NCCc2ccco2)NC2CCN(C3CCCCC3)CC2)cc1. The Labute approximate surface area is 204 Å². The van der Waals surface area contributed by atoms with Gasteiger partial charge < -0.3 is 20.0 Å². The van der Waals surface area contributed by atoms with Crippen LogP contribution in [0.15, 0.2) is 58.1 Å². The summed E-state index contributed by atoms with van der Waals surface area (Å²) in [4.78, 5) is 7.60. The van der Waals surface area contributed by atoms with Crippen LogP contribution in [0.1, 0.15) is 56.3 Å². The molecule has 6 heteroatoms. The predicted molar refractivity (Wildman–Crippen MR) is 138 cm³/mol. The van der Waals surface area contributed by atoms with E-state index in [0.717, 1.165) is 30.7 Å². The van der Waals surface area contributed by atoms with Gasteiger partial charge in [0.25, 0.3) is 0 Å². The van der Waals surface area contributed by atoms with Crippen LogP contribution >= 0.6 is 24.0 Å². The molecule has 0 amide bonds. The van der Waals surface area contributed by atoms with Crippen LogP contribution in [0.3, 0.4) is 0 Å². The van der Waals surface area contributed by atoms with Crippen molar-refractivity contribution in [3.63, 3.8) is 0 Å². The highest BCUT2D eigenvalue weighted by Crippen LogP contribution is 2.25. The molecule has 2 N–H and O–H groups in total. The number of furan rings is 1. The fourth-order valence-electron chi connectivity index (χ4n) is 4.71. The van der Waals surface area contributed by atoms with Crippen molar-refractivity contribution in [2.75, 3.05) is 19.6 Å². The van der Waals surface area contributed by atoms with E-state index in [1.807, 2.05) is 18.2 Å². The number of nitrogens with one attached hydrogen (secondary N) is 2. The highest BCUT2D eigenvalue weighted by atomic mass is 127. The molecule has 170 valence electrons. The van der Waals surface area contributed by atoms with Gasteiger partial charge in [0.2, 0.25) is 0 Å². The second-order valence-electron chi connectivity index (χ2n) is 8.65. The first-order chi connectivity index (χ1) is 14.9. The normalized spacial score (nSPS) is 19.0. The summed E-state index contributed by atoms with van der Waals surface area (Å²) in [5.41, 5.74) is 1.23. The summed E-state index contributed by atoms with van der Waals surface area (Å²) in [7, 11) is 0. The second kappa shape index (κ2) is 13.1. The van der Waals surface area contributed by atoms with Gasteiger partial charge in [-0.1, -0.05) is 49.6 Å². The van der Waals surface area contributed by atoms with Gasteiger partial charge in [0.1, 0.15) is 5.76 Å². The third-order valence-corrected chi connectivity index (χ3v) is 6.47. The highest BCUT2D eigenvalue weighted by Gasteiger charge is 2.26. The van der Waals surface area contributed by atoms with Crippen LogP contribution < -0.4 is 10.6 Å². The number of hydrogen-bond donors (Lipinski definition) is 2. The number of nitrogens with zero attached hydrogens (tertiary/aromatic N) is 2. The Kier molecular flexibility index (Phi) is 10.2. The van der Waals surface area contributed by atoms with Crippen LogP contribution in [0.2, 0.25) is 0 Å².